The van der Waals surface area contributed by atoms with Crippen LogP contribution in [0.15, 0.2) is 32.9 Å². The lowest BCUT2D eigenvalue weighted by Gasteiger charge is -2.11. The van der Waals surface area contributed by atoms with Gasteiger partial charge in [-0.25, -0.2) is 4.79 Å². The predicted octanol–water partition coefficient (Wildman–Crippen LogP) is 3.73. The zero-order valence-corrected chi connectivity index (χ0v) is 13.6. The van der Waals surface area contributed by atoms with Crippen molar-refractivity contribution in [3.63, 3.8) is 0 Å². The summed E-state index contributed by atoms with van der Waals surface area (Å²) in [4.78, 5) is 11.9. The van der Waals surface area contributed by atoms with Crippen molar-refractivity contribution in [1.82, 2.24) is 0 Å². The van der Waals surface area contributed by atoms with Gasteiger partial charge in [0, 0.05) is 15.1 Å². The van der Waals surface area contributed by atoms with Crippen LogP contribution in [-0.4, -0.2) is 12.6 Å². The van der Waals surface area contributed by atoms with Crippen LogP contribution in [0.25, 0.3) is 0 Å². The smallest absolute Gasteiger partial charge is 0.340 e. The van der Waals surface area contributed by atoms with Gasteiger partial charge in [0.1, 0.15) is 17.7 Å². The van der Waals surface area contributed by atoms with Gasteiger partial charge in [-0.05, 0) is 35.0 Å². The molecule has 1 N–H and O–H groups in total. The molecule has 0 amide bonds. The number of rotatable bonds is 4. The summed E-state index contributed by atoms with van der Waals surface area (Å²) in [5.74, 6) is -0.499. The summed E-state index contributed by atoms with van der Waals surface area (Å²) >= 11 is 6.60. The van der Waals surface area contributed by atoms with Crippen LogP contribution in [0.4, 0.5) is 5.69 Å². The number of ether oxygens (including phenoxy) is 1. The van der Waals surface area contributed by atoms with Gasteiger partial charge in [-0.1, -0.05) is 15.9 Å². The van der Waals surface area contributed by atoms with E-state index in [1.807, 2.05) is 0 Å². The molecule has 0 aliphatic rings. The van der Waals surface area contributed by atoms with Crippen molar-refractivity contribution in [3.05, 3.63) is 38.4 Å². The molecule has 0 aromatic heterocycles. The molecule has 0 heterocycles. The van der Waals surface area contributed by atoms with E-state index in [-0.39, 0.29) is 12.2 Å². The number of hydrogen-bond donors (Lipinski definition) is 1. The maximum Gasteiger partial charge on any atom is 0.340 e. The summed E-state index contributed by atoms with van der Waals surface area (Å²) in [6.07, 6.45) is 1.23. The summed E-state index contributed by atoms with van der Waals surface area (Å²) in [6.45, 7) is 1.96. The van der Waals surface area contributed by atoms with Crippen molar-refractivity contribution in [2.24, 2.45) is 0 Å². The molecule has 0 radical (unpaired) electrons. The Morgan fingerprint density at radius 3 is 2.60 bits per heavy atom. The SMILES string of the molecule is CCOC(=O)c1cc(Br)cc(Br)c1NC=C(C#N)C#N. The fraction of sp³-hybridized carbons (Fsp3) is 0.154. The molecule has 102 valence electrons. The number of nitrogens with zero attached hydrogens (tertiary/aromatic N) is 2. The van der Waals surface area contributed by atoms with E-state index in [2.05, 4.69) is 37.2 Å². The van der Waals surface area contributed by atoms with Gasteiger partial charge in [0.25, 0.3) is 0 Å². The quantitative estimate of drug-likeness (QED) is 0.616. The van der Waals surface area contributed by atoms with E-state index in [4.69, 9.17) is 15.3 Å². The number of nitrogens with one attached hydrogen (secondary N) is 1. The third kappa shape index (κ3) is 4.09. The Hall–Kier alpha value is -1.83. The number of carbonyl (C=O) groups excluding carboxylic acids is 1. The number of anilines is 1. The minimum Gasteiger partial charge on any atom is -0.462 e. The van der Waals surface area contributed by atoms with Crippen molar-refractivity contribution in [2.45, 2.75) is 6.92 Å². The molecule has 20 heavy (non-hydrogen) atoms. The van der Waals surface area contributed by atoms with Crippen LogP contribution in [0.5, 0.6) is 0 Å². The monoisotopic (exact) mass is 397 g/mol. The highest BCUT2D eigenvalue weighted by molar-refractivity contribution is 9.11. The second kappa shape index (κ2) is 7.68. The minimum atomic E-state index is -0.499. The van der Waals surface area contributed by atoms with Crippen molar-refractivity contribution >= 4 is 43.5 Å². The fourth-order valence-electron chi connectivity index (χ4n) is 1.32. The Bertz CT molecular complexity index is 626. The Labute approximate surface area is 133 Å². The molecular formula is C13H9Br2N3O2. The lowest BCUT2D eigenvalue weighted by atomic mass is 10.2. The second-order valence-electron chi connectivity index (χ2n) is 3.46. The summed E-state index contributed by atoms with van der Waals surface area (Å²) < 4.78 is 6.26. The third-order valence-electron chi connectivity index (χ3n) is 2.15. The highest BCUT2D eigenvalue weighted by atomic mass is 79.9. The van der Waals surface area contributed by atoms with E-state index in [0.29, 0.717) is 20.2 Å². The molecule has 0 aliphatic carbocycles. The first kappa shape index (κ1) is 16.2. The van der Waals surface area contributed by atoms with Gasteiger partial charge in [0.2, 0.25) is 0 Å². The number of esters is 1. The number of carbonyl (C=O) groups is 1. The Morgan fingerprint density at radius 1 is 1.40 bits per heavy atom. The highest BCUT2D eigenvalue weighted by Gasteiger charge is 2.16. The lowest BCUT2D eigenvalue weighted by Crippen LogP contribution is -2.08. The van der Waals surface area contributed by atoms with Gasteiger partial charge < -0.3 is 10.1 Å². The number of halogens is 2. The van der Waals surface area contributed by atoms with Crippen LogP contribution in [-0.2, 0) is 4.74 Å². The number of benzene rings is 1. The van der Waals surface area contributed by atoms with Crippen LogP contribution in [0.1, 0.15) is 17.3 Å². The predicted molar refractivity (Wildman–Crippen MR) is 80.7 cm³/mol. The largest absolute Gasteiger partial charge is 0.462 e. The third-order valence-corrected chi connectivity index (χ3v) is 3.24. The zero-order valence-electron chi connectivity index (χ0n) is 10.4. The van der Waals surface area contributed by atoms with E-state index >= 15 is 0 Å². The van der Waals surface area contributed by atoms with E-state index in [0.717, 1.165) is 0 Å². The van der Waals surface area contributed by atoms with Crippen molar-refractivity contribution in [2.75, 3.05) is 11.9 Å². The molecule has 7 heteroatoms. The first-order valence-electron chi connectivity index (χ1n) is 5.46. The molecule has 0 aliphatic heterocycles. The van der Waals surface area contributed by atoms with Gasteiger partial charge in [-0.3, -0.25) is 0 Å². The van der Waals surface area contributed by atoms with Gasteiger partial charge in [0.05, 0.1) is 17.9 Å². The van der Waals surface area contributed by atoms with E-state index < -0.39 is 5.97 Å². The molecule has 0 saturated carbocycles. The topological polar surface area (TPSA) is 85.9 Å². The van der Waals surface area contributed by atoms with Gasteiger partial charge in [-0.15, -0.1) is 0 Å². The minimum absolute atomic E-state index is 0.102. The molecule has 1 aromatic carbocycles. The van der Waals surface area contributed by atoms with Gasteiger partial charge >= 0.3 is 5.97 Å². The van der Waals surface area contributed by atoms with E-state index in [1.165, 1.54) is 6.20 Å². The normalized spacial score (nSPS) is 9.05. The average molecular weight is 399 g/mol. The van der Waals surface area contributed by atoms with Crippen molar-refractivity contribution < 1.29 is 9.53 Å². The number of hydrogen-bond acceptors (Lipinski definition) is 5. The van der Waals surface area contributed by atoms with Crippen LogP contribution in [0.2, 0.25) is 0 Å². The summed E-state index contributed by atoms with van der Waals surface area (Å²) in [6, 6.07) is 6.77. The summed E-state index contributed by atoms with van der Waals surface area (Å²) in [7, 11) is 0. The summed E-state index contributed by atoms with van der Waals surface area (Å²) in [5, 5.41) is 20.2. The fourth-order valence-corrected chi connectivity index (χ4v) is 2.66. The summed E-state index contributed by atoms with van der Waals surface area (Å²) in [5.41, 5.74) is 0.615. The van der Waals surface area contributed by atoms with Crippen molar-refractivity contribution in [1.29, 1.82) is 10.5 Å². The maximum atomic E-state index is 11.9. The van der Waals surface area contributed by atoms with E-state index in [1.54, 1.807) is 31.2 Å². The molecule has 0 spiro atoms. The Balaban J connectivity index is 3.25. The van der Waals surface area contributed by atoms with Gasteiger partial charge in [-0.2, -0.15) is 10.5 Å². The number of allylic oxidation sites excluding steroid dienone is 1. The first-order valence-corrected chi connectivity index (χ1v) is 7.05. The molecule has 0 bridgehead atoms. The molecular weight excluding hydrogens is 390 g/mol. The maximum absolute atomic E-state index is 11.9. The van der Waals surface area contributed by atoms with E-state index in [9.17, 15) is 4.79 Å². The molecule has 0 atom stereocenters. The Kier molecular flexibility index (Phi) is 6.23. The Morgan fingerprint density at radius 2 is 2.05 bits per heavy atom. The second-order valence-corrected chi connectivity index (χ2v) is 5.23. The lowest BCUT2D eigenvalue weighted by molar-refractivity contribution is 0.0527. The molecule has 0 saturated heterocycles. The molecule has 1 aromatic rings. The highest BCUT2D eigenvalue weighted by Crippen LogP contribution is 2.31. The van der Waals surface area contributed by atoms with Gasteiger partial charge in [0.15, 0.2) is 0 Å². The van der Waals surface area contributed by atoms with Crippen LogP contribution >= 0.6 is 31.9 Å². The standard InChI is InChI=1S/C13H9Br2N3O2/c1-2-20-13(19)10-3-9(14)4-11(15)12(10)18-7-8(5-16)6-17/h3-4,7,18H,2H2,1H3. The average Bonchev–Trinajstić information content (AvgIpc) is 2.41. The molecule has 0 unspecified atom stereocenters. The van der Waals surface area contributed by atoms with Crippen LogP contribution in [0.3, 0.4) is 0 Å². The van der Waals surface area contributed by atoms with Crippen molar-refractivity contribution in [3.8, 4) is 12.1 Å². The molecule has 0 fully saturated rings. The first-order chi connectivity index (χ1) is 9.53. The molecule has 5 nitrogen and oxygen atoms in total. The van der Waals surface area contributed by atoms with Crippen LogP contribution in [0, 0.1) is 22.7 Å². The molecule has 1 rings (SSSR count). The number of nitriles is 2. The van der Waals surface area contributed by atoms with Crippen LogP contribution < -0.4 is 5.32 Å². The zero-order chi connectivity index (χ0) is 15.1.